The zero-order valence-corrected chi connectivity index (χ0v) is 13.0. The molecule has 3 saturated carbocycles. The van der Waals surface area contributed by atoms with Gasteiger partial charge in [-0.25, -0.2) is 4.79 Å². The molecule has 1 N–H and O–H groups in total. The van der Waals surface area contributed by atoms with Crippen LogP contribution in [0.4, 0.5) is 4.79 Å². The zero-order valence-electron chi connectivity index (χ0n) is 11.4. The highest BCUT2D eigenvalue weighted by Gasteiger charge is 2.70. The van der Waals surface area contributed by atoms with Gasteiger partial charge < -0.3 is 10.1 Å². The van der Waals surface area contributed by atoms with Crippen LogP contribution in [0.1, 0.15) is 40.0 Å². The Hall–Kier alpha value is -1.04. The lowest BCUT2D eigenvalue weighted by atomic mass is 9.44. The van der Waals surface area contributed by atoms with Crippen LogP contribution in [-0.4, -0.2) is 27.0 Å². The van der Waals surface area contributed by atoms with E-state index in [0.29, 0.717) is 0 Å². The van der Waals surface area contributed by atoms with Crippen LogP contribution in [0.25, 0.3) is 0 Å². The van der Waals surface area contributed by atoms with Crippen molar-refractivity contribution in [1.29, 1.82) is 0 Å². The molecule has 104 valence electrons. The number of halogens is 1. The molecular weight excluding hydrogens is 310 g/mol. The SMILES string of the molecule is CC(C)(C)OC(=O)NC12CC(n3cc(Br)cn3)(C1)C2. The molecule has 3 aliphatic rings. The Balaban J connectivity index is 1.57. The minimum absolute atomic E-state index is 0.0687. The fraction of sp³-hybridized carbons (Fsp3) is 0.692. The zero-order chi connectivity index (χ0) is 13.9. The largest absolute Gasteiger partial charge is 0.444 e. The first-order valence-corrected chi connectivity index (χ1v) is 7.23. The quantitative estimate of drug-likeness (QED) is 0.908. The summed E-state index contributed by atoms with van der Waals surface area (Å²) in [5, 5.41) is 7.35. The molecule has 0 radical (unpaired) electrons. The number of hydrogen-bond acceptors (Lipinski definition) is 3. The molecular formula is C13H18BrN3O2. The minimum atomic E-state index is -0.446. The average Bonchev–Trinajstić information content (AvgIpc) is 2.52. The number of amides is 1. The summed E-state index contributed by atoms with van der Waals surface area (Å²) in [7, 11) is 0. The third-order valence-electron chi connectivity index (χ3n) is 3.81. The molecule has 0 saturated heterocycles. The second kappa shape index (κ2) is 3.75. The lowest BCUT2D eigenvalue weighted by molar-refractivity contribution is -0.143. The number of nitrogens with zero attached hydrogens (tertiary/aromatic N) is 2. The maximum atomic E-state index is 11.8. The predicted octanol–water partition coefficient (Wildman–Crippen LogP) is 2.80. The number of carbonyl (C=O) groups is 1. The molecule has 0 aromatic carbocycles. The van der Waals surface area contributed by atoms with E-state index in [-0.39, 0.29) is 17.2 Å². The Bertz CT molecular complexity index is 512. The van der Waals surface area contributed by atoms with Gasteiger partial charge in [-0.15, -0.1) is 0 Å². The maximum absolute atomic E-state index is 11.8. The van der Waals surface area contributed by atoms with Gasteiger partial charge in [0.25, 0.3) is 0 Å². The lowest BCUT2D eigenvalue weighted by Crippen LogP contribution is -2.79. The molecule has 5 nitrogen and oxygen atoms in total. The van der Waals surface area contributed by atoms with Gasteiger partial charge in [0.05, 0.1) is 21.7 Å². The molecule has 1 amide bonds. The van der Waals surface area contributed by atoms with E-state index < -0.39 is 5.60 Å². The monoisotopic (exact) mass is 327 g/mol. The van der Waals surface area contributed by atoms with Gasteiger partial charge in [0.2, 0.25) is 0 Å². The summed E-state index contributed by atoms with van der Waals surface area (Å²) in [5.74, 6) is 0. The van der Waals surface area contributed by atoms with Crippen LogP contribution in [0.5, 0.6) is 0 Å². The average molecular weight is 328 g/mol. The Kier molecular flexibility index (Phi) is 2.56. The van der Waals surface area contributed by atoms with Crippen molar-refractivity contribution in [1.82, 2.24) is 15.1 Å². The molecule has 0 atom stereocenters. The highest BCUT2D eigenvalue weighted by molar-refractivity contribution is 9.10. The van der Waals surface area contributed by atoms with Gasteiger partial charge in [-0.3, -0.25) is 4.68 Å². The number of aromatic nitrogens is 2. The fourth-order valence-electron chi connectivity index (χ4n) is 3.19. The Morgan fingerprint density at radius 2 is 2.11 bits per heavy atom. The highest BCUT2D eigenvalue weighted by atomic mass is 79.9. The number of rotatable bonds is 2. The van der Waals surface area contributed by atoms with E-state index in [9.17, 15) is 4.79 Å². The van der Waals surface area contributed by atoms with E-state index in [1.807, 2.05) is 31.6 Å². The highest BCUT2D eigenvalue weighted by Crippen LogP contribution is 2.65. The normalized spacial score (nSPS) is 32.2. The van der Waals surface area contributed by atoms with Gasteiger partial charge in [0.15, 0.2) is 0 Å². The van der Waals surface area contributed by atoms with Crippen LogP contribution in [0.2, 0.25) is 0 Å². The third-order valence-corrected chi connectivity index (χ3v) is 4.22. The predicted molar refractivity (Wildman–Crippen MR) is 73.9 cm³/mol. The van der Waals surface area contributed by atoms with E-state index >= 15 is 0 Å². The number of nitrogens with one attached hydrogen (secondary N) is 1. The molecule has 3 fully saturated rings. The van der Waals surface area contributed by atoms with E-state index in [2.05, 4.69) is 26.3 Å². The lowest BCUT2D eigenvalue weighted by Gasteiger charge is -2.69. The number of alkyl carbamates (subject to hydrolysis) is 1. The van der Waals surface area contributed by atoms with Crippen LogP contribution >= 0.6 is 15.9 Å². The number of hydrogen-bond donors (Lipinski definition) is 1. The van der Waals surface area contributed by atoms with Gasteiger partial charge in [-0.1, -0.05) is 0 Å². The summed E-state index contributed by atoms with van der Waals surface area (Å²) in [6.07, 6.45) is 6.29. The van der Waals surface area contributed by atoms with E-state index in [0.717, 1.165) is 23.7 Å². The second-order valence-electron chi connectivity index (χ2n) is 6.77. The molecule has 0 aliphatic heterocycles. The number of ether oxygens (including phenoxy) is 1. The summed E-state index contributed by atoms with van der Waals surface area (Å²) in [4.78, 5) is 11.8. The molecule has 1 aromatic heterocycles. The molecule has 4 rings (SSSR count). The first-order chi connectivity index (χ1) is 8.72. The van der Waals surface area contributed by atoms with Crippen molar-refractivity contribution in [2.45, 2.75) is 56.7 Å². The molecule has 19 heavy (non-hydrogen) atoms. The molecule has 3 aliphatic carbocycles. The summed E-state index contributed by atoms with van der Waals surface area (Å²) in [5.41, 5.74) is -0.403. The molecule has 2 bridgehead atoms. The van der Waals surface area contributed by atoms with Crippen LogP contribution < -0.4 is 5.32 Å². The Morgan fingerprint density at radius 1 is 1.47 bits per heavy atom. The molecule has 1 aromatic rings. The van der Waals surface area contributed by atoms with Gasteiger partial charge in [-0.05, 0) is 56.0 Å². The van der Waals surface area contributed by atoms with Crippen molar-refractivity contribution in [3.05, 3.63) is 16.9 Å². The van der Waals surface area contributed by atoms with Crippen LogP contribution in [0, 0.1) is 0 Å². The summed E-state index contributed by atoms with van der Waals surface area (Å²) in [6, 6.07) is 0. The first kappa shape index (κ1) is 13.0. The van der Waals surface area contributed by atoms with Crippen LogP contribution in [0.3, 0.4) is 0 Å². The first-order valence-electron chi connectivity index (χ1n) is 6.44. The van der Waals surface area contributed by atoms with Crippen LogP contribution in [0.15, 0.2) is 16.9 Å². The number of carbonyl (C=O) groups excluding carboxylic acids is 1. The molecule has 6 heteroatoms. The van der Waals surface area contributed by atoms with Crippen molar-refractivity contribution < 1.29 is 9.53 Å². The van der Waals surface area contributed by atoms with E-state index in [1.54, 1.807) is 6.20 Å². The molecule has 0 unspecified atom stereocenters. The summed E-state index contributed by atoms with van der Waals surface area (Å²) < 4.78 is 8.30. The summed E-state index contributed by atoms with van der Waals surface area (Å²) >= 11 is 3.41. The van der Waals surface area contributed by atoms with Gasteiger partial charge in [0, 0.05) is 6.20 Å². The third kappa shape index (κ3) is 2.16. The van der Waals surface area contributed by atoms with Crippen molar-refractivity contribution in [3.63, 3.8) is 0 Å². The summed E-state index contributed by atoms with van der Waals surface area (Å²) in [6.45, 7) is 5.62. The van der Waals surface area contributed by atoms with E-state index in [1.165, 1.54) is 0 Å². The minimum Gasteiger partial charge on any atom is -0.444 e. The standard InChI is InChI=1S/C13H18BrN3O2/c1-11(2,3)19-10(18)16-12-6-13(7-12,8-12)17-5-9(14)4-15-17/h4-5H,6-8H2,1-3H3,(H,16,18). The van der Waals surface area contributed by atoms with Crippen molar-refractivity contribution in [2.75, 3.05) is 0 Å². The van der Waals surface area contributed by atoms with Gasteiger partial charge in [-0.2, -0.15) is 5.10 Å². The fourth-order valence-corrected chi connectivity index (χ4v) is 3.48. The Morgan fingerprint density at radius 3 is 2.58 bits per heavy atom. The Labute approximate surface area is 120 Å². The topological polar surface area (TPSA) is 56.1 Å². The molecule has 0 spiro atoms. The van der Waals surface area contributed by atoms with Crippen molar-refractivity contribution in [2.24, 2.45) is 0 Å². The molecule has 1 heterocycles. The van der Waals surface area contributed by atoms with Crippen molar-refractivity contribution in [3.8, 4) is 0 Å². The van der Waals surface area contributed by atoms with Crippen LogP contribution in [-0.2, 0) is 10.3 Å². The second-order valence-corrected chi connectivity index (χ2v) is 7.68. The van der Waals surface area contributed by atoms with E-state index in [4.69, 9.17) is 4.74 Å². The van der Waals surface area contributed by atoms with Gasteiger partial charge >= 0.3 is 6.09 Å². The smallest absolute Gasteiger partial charge is 0.408 e. The maximum Gasteiger partial charge on any atom is 0.408 e. The van der Waals surface area contributed by atoms with Gasteiger partial charge in [0.1, 0.15) is 5.60 Å². The van der Waals surface area contributed by atoms with Crippen molar-refractivity contribution >= 4 is 22.0 Å².